The Morgan fingerprint density at radius 1 is 1.25 bits per heavy atom. The standard InChI is InChI=1S/C16H18INO2/c1-10-7-12(8-11(2)18)9-15(17)16(10)20-14-5-3-13(19)4-6-14/h3-7,9,11,19H,8,18H2,1-2H3/t11-/m1/s1. The summed E-state index contributed by atoms with van der Waals surface area (Å²) < 4.78 is 6.97. The van der Waals surface area contributed by atoms with Gasteiger partial charge in [-0.2, -0.15) is 0 Å². The van der Waals surface area contributed by atoms with Gasteiger partial charge in [-0.15, -0.1) is 0 Å². The Morgan fingerprint density at radius 2 is 1.90 bits per heavy atom. The molecule has 0 spiro atoms. The van der Waals surface area contributed by atoms with Crippen LogP contribution >= 0.6 is 22.6 Å². The predicted octanol–water partition coefficient (Wildman–Crippen LogP) is 3.99. The van der Waals surface area contributed by atoms with E-state index in [-0.39, 0.29) is 11.8 Å². The van der Waals surface area contributed by atoms with Crippen molar-refractivity contribution in [3.63, 3.8) is 0 Å². The number of benzene rings is 2. The van der Waals surface area contributed by atoms with Crippen LogP contribution < -0.4 is 10.5 Å². The van der Waals surface area contributed by atoms with Crippen LogP contribution in [0.3, 0.4) is 0 Å². The fourth-order valence-electron chi connectivity index (χ4n) is 2.05. The summed E-state index contributed by atoms with van der Waals surface area (Å²) >= 11 is 2.28. The van der Waals surface area contributed by atoms with Crippen molar-refractivity contribution in [1.29, 1.82) is 0 Å². The Labute approximate surface area is 132 Å². The van der Waals surface area contributed by atoms with Crippen molar-refractivity contribution in [3.8, 4) is 17.2 Å². The van der Waals surface area contributed by atoms with Crippen LogP contribution in [0.2, 0.25) is 0 Å². The number of hydrogen-bond acceptors (Lipinski definition) is 3. The third-order valence-corrected chi connectivity index (χ3v) is 3.70. The Hall–Kier alpha value is -1.27. The molecule has 3 nitrogen and oxygen atoms in total. The number of nitrogens with two attached hydrogens (primary N) is 1. The first-order valence-electron chi connectivity index (χ1n) is 6.47. The molecule has 0 aliphatic rings. The molecule has 1 atom stereocenters. The summed E-state index contributed by atoms with van der Waals surface area (Å²) in [6.07, 6.45) is 0.857. The minimum absolute atomic E-state index is 0.147. The molecule has 0 aliphatic heterocycles. The lowest BCUT2D eigenvalue weighted by Crippen LogP contribution is -2.17. The zero-order valence-corrected chi connectivity index (χ0v) is 13.7. The van der Waals surface area contributed by atoms with E-state index >= 15 is 0 Å². The number of phenols is 1. The third-order valence-electron chi connectivity index (χ3n) is 2.90. The molecular weight excluding hydrogens is 365 g/mol. The van der Waals surface area contributed by atoms with Crippen molar-refractivity contribution < 1.29 is 9.84 Å². The molecule has 0 aromatic heterocycles. The molecule has 0 fully saturated rings. The Bertz CT molecular complexity index is 571. The molecule has 4 heteroatoms. The average molecular weight is 383 g/mol. The van der Waals surface area contributed by atoms with Crippen LogP contribution in [0, 0.1) is 10.5 Å². The smallest absolute Gasteiger partial charge is 0.143 e. The van der Waals surface area contributed by atoms with Gasteiger partial charge in [0.25, 0.3) is 0 Å². The highest BCUT2D eigenvalue weighted by Gasteiger charge is 2.10. The van der Waals surface area contributed by atoms with Gasteiger partial charge in [0.05, 0.1) is 3.57 Å². The van der Waals surface area contributed by atoms with Crippen LogP contribution in [0.5, 0.6) is 17.2 Å². The normalized spacial score (nSPS) is 12.2. The summed E-state index contributed by atoms with van der Waals surface area (Å²) in [5.74, 6) is 1.80. The van der Waals surface area contributed by atoms with Crippen LogP contribution in [0.15, 0.2) is 36.4 Å². The molecule has 0 saturated heterocycles. The second-order valence-corrected chi connectivity index (χ2v) is 6.16. The summed E-state index contributed by atoms with van der Waals surface area (Å²) in [7, 11) is 0. The molecule has 2 aromatic rings. The largest absolute Gasteiger partial charge is 0.508 e. The number of aryl methyl sites for hydroxylation is 1. The SMILES string of the molecule is Cc1cc(C[C@@H](C)N)cc(I)c1Oc1ccc(O)cc1. The number of hydrogen-bond donors (Lipinski definition) is 2. The molecule has 3 N–H and O–H groups in total. The lowest BCUT2D eigenvalue weighted by Gasteiger charge is -2.14. The summed E-state index contributed by atoms with van der Waals surface area (Å²) in [6, 6.07) is 11.1. The zero-order valence-electron chi connectivity index (χ0n) is 11.6. The van der Waals surface area contributed by atoms with Crippen LogP contribution in [-0.2, 0) is 6.42 Å². The van der Waals surface area contributed by atoms with Gasteiger partial charge in [-0.3, -0.25) is 0 Å². The van der Waals surface area contributed by atoms with E-state index in [1.54, 1.807) is 24.3 Å². The van der Waals surface area contributed by atoms with Crippen LogP contribution in [0.25, 0.3) is 0 Å². The monoisotopic (exact) mass is 383 g/mol. The number of halogens is 1. The highest BCUT2D eigenvalue weighted by atomic mass is 127. The van der Waals surface area contributed by atoms with Gasteiger partial charge in [0, 0.05) is 6.04 Å². The Kier molecular flexibility index (Phi) is 4.88. The molecular formula is C16H18INO2. The predicted molar refractivity (Wildman–Crippen MR) is 89.4 cm³/mol. The maximum atomic E-state index is 9.28. The maximum Gasteiger partial charge on any atom is 0.143 e. The van der Waals surface area contributed by atoms with Crippen LogP contribution in [0.4, 0.5) is 0 Å². The highest BCUT2D eigenvalue weighted by molar-refractivity contribution is 14.1. The Morgan fingerprint density at radius 3 is 2.45 bits per heavy atom. The maximum absolute atomic E-state index is 9.28. The molecule has 2 aromatic carbocycles. The molecule has 20 heavy (non-hydrogen) atoms. The van der Waals surface area contributed by atoms with E-state index in [4.69, 9.17) is 10.5 Å². The van der Waals surface area contributed by atoms with Crippen molar-refractivity contribution in [2.45, 2.75) is 26.3 Å². The molecule has 106 valence electrons. The van der Waals surface area contributed by atoms with E-state index in [9.17, 15) is 5.11 Å². The van der Waals surface area contributed by atoms with Crippen molar-refractivity contribution in [2.75, 3.05) is 0 Å². The average Bonchev–Trinajstić information content (AvgIpc) is 2.35. The second-order valence-electron chi connectivity index (χ2n) is 5.00. The topological polar surface area (TPSA) is 55.5 Å². The van der Waals surface area contributed by atoms with E-state index in [0.29, 0.717) is 5.75 Å². The second kappa shape index (κ2) is 6.45. The van der Waals surface area contributed by atoms with Crippen molar-refractivity contribution in [1.82, 2.24) is 0 Å². The van der Waals surface area contributed by atoms with Gasteiger partial charge in [-0.25, -0.2) is 0 Å². The van der Waals surface area contributed by atoms with Crippen molar-refractivity contribution in [2.24, 2.45) is 5.73 Å². The molecule has 0 unspecified atom stereocenters. The van der Waals surface area contributed by atoms with Gasteiger partial charge in [-0.1, -0.05) is 6.07 Å². The minimum Gasteiger partial charge on any atom is -0.508 e. The van der Waals surface area contributed by atoms with Crippen LogP contribution in [-0.4, -0.2) is 11.1 Å². The van der Waals surface area contributed by atoms with E-state index in [1.165, 1.54) is 5.56 Å². The van der Waals surface area contributed by atoms with Crippen molar-refractivity contribution >= 4 is 22.6 Å². The first-order chi connectivity index (χ1) is 9.45. The molecule has 0 bridgehead atoms. The van der Waals surface area contributed by atoms with E-state index in [0.717, 1.165) is 21.3 Å². The number of ether oxygens (including phenoxy) is 1. The third kappa shape index (κ3) is 3.86. The zero-order chi connectivity index (χ0) is 14.7. The fraction of sp³-hybridized carbons (Fsp3) is 0.250. The summed E-state index contributed by atoms with van der Waals surface area (Å²) in [5.41, 5.74) is 8.15. The van der Waals surface area contributed by atoms with Gasteiger partial charge in [0.1, 0.15) is 17.2 Å². The summed E-state index contributed by atoms with van der Waals surface area (Å²) in [5, 5.41) is 9.28. The summed E-state index contributed by atoms with van der Waals surface area (Å²) in [4.78, 5) is 0. The van der Waals surface area contributed by atoms with E-state index in [1.807, 2.05) is 13.8 Å². The fourth-order valence-corrected chi connectivity index (χ4v) is 2.99. The van der Waals surface area contributed by atoms with Crippen LogP contribution in [0.1, 0.15) is 18.1 Å². The minimum atomic E-state index is 0.147. The number of aromatic hydroxyl groups is 1. The van der Waals surface area contributed by atoms with Gasteiger partial charge in [0.2, 0.25) is 0 Å². The molecule has 2 rings (SSSR count). The first-order valence-corrected chi connectivity index (χ1v) is 7.55. The molecule has 0 amide bonds. The Balaban J connectivity index is 2.26. The summed E-state index contributed by atoms with van der Waals surface area (Å²) in [6.45, 7) is 4.03. The quantitative estimate of drug-likeness (QED) is 0.786. The van der Waals surface area contributed by atoms with Gasteiger partial charge in [-0.05, 0) is 84.3 Å². The van der Waals surface area contributed by atoms with Crippen molar-refractivity contribution in [3.05, 3.63) is 51.1 Å². The lowest BCUT2D eigenvalue weighted by molar-refractivity contribution is 0.461. The molecule has 0 saturated carbocycles. The molecule has 0 aliphatic carbocycles. The molecule has 0 radical (unpaired) electrons. The van der Waals surface area contributed by atoms with E-state index in [2.05, 4.69) is 34.7 Å². The highest BCUT2D eigenvalue weighted by Crippen LogP contribution is 2.32. The van der Waals surface area contributed by atoms with E-state index < -0.39 is 0 Å². The lowest BCUT2D eigenvalue weighted by atomic mass is 10.0. The number of phenolic OH excluding ortho intramolecular Hbond substituents is 1. The van der Waals surface area contributed by atoms with Gasteiger partial charge < -0.3 is 15.6 Å². The number of rotatable bonds is 4. The molecule has 0 heterocycles. The van der Waals surface area contributed by atoms with Gasteiger partial charge in [0.15, 0.2) is 0 Å². The van der Waals surface area contributed by atoms with Gasteiger partial charge >= 0.3 is 0 Å². The first kappa shape index (κ1) is 15.1.